The number of hydrogen-bond acceptors (Lipinski definition) is 3. The second-order valence-electron chi connectivity index (χ2n) is 4.49. The summed E-state index contributed by atoms with van der Waals surface area (Å²) in [6.07, 6.45) is 2.11. The van der Waals surface area contributed by atoms with E-state index in [2.05, 4.69) is 5.32 Å². The Balaban J connectivity index is 2.16. The van der Waals surface area contributed by atoms with Crippen LogP contribution in [-0.2, 0) is 14.3 Å². The molecule has 15 heavy (non-hydrogen) atoms. The first kappa shape index (κ1) is 12.5. The Morgan fingerprint density at radius 2 is 2.33 bits per heavy atom. The fraction of sp³-hybridized carbons (Fsp3) is 0.909. The summed E-state index contributed by atoms with van der Waals surface area (Å²) in [6.45, 7) is 5.94. The average molecular weight is 215 g/mol. The summed E-state index contributed by atoms with van der Waals surface area (Å²) in [5.74, 6) is 0.555. The predicted octanol–water partition coefficient (Wildman–Crippen LogP) is 0.954. The molecule has 0 aliphatic carbocycles. The first-order chi connectivity index (χ1) is 7.06. The van der Waals surface area contributed by atoms with Gasteiger partial charge in [-0.2, -0.15) is 0 Å². The van der Waals surface area contributed by atoms with Gasteiger partial charge in [-0.25, -0.2) is 0 Å². The van der Waals surface area contributed by atoms with Crippen molar-refractivity contribution in [1.29, 1.82) is 0 Å². The van der Waals surface area contributed by atoms with Gasteiger partial charge in [-0.1, -0.05) is 0 Å². The molecule has 4 heteroatoms. The van der Waals surface area contributed by atoms with Crippen molar-refractivity contribution in [3.8, 4) is 0 Å². The number of hydrogen-bond donors (Lipinski definition) is 1. The lowest BCUT2D eigenvalue weighted by Gasteiger charge is -2.22. The molecule has 88 valence electrons. The summed E-state index contributed by atoms with van der Waals surface area (Å²) in [6, 6.07) is 0. The number of ether oxygens (including phenoxy) is 2. The third-order valence-electron chi connectivity index (χ3n) is 2.92. The molecule has 1 saturated heterocycles. The van der Waals surface area contributed by atoms with Crippen LogP contribution in [0.15, 0.2) is 0 Å². The van der Waals surface area contributed by atoms with Gasteiger partial charge in [0, 0.05) is 26.9 Å². The molecule has 0 saturated carbocycles. The maximum atomic E-state index is 11.6. The predicted molar refractivity (Wildman–Crippen MR) is 57.6 cm³/mol. The van der Waals surface area contributed by atoms with E-state index in [1.807, 2.05) is 0 Å². The highest BCUT2D eigenvalue weighted by molar-refractivity contribution is 5.84. The molecule has 1 fully saturated rings. The smallest absolute Gasteiger partial charge is 0.251 e. The van der Waals surface area contributed by atoms with Crippen LogP contribution in [0.3, 0.4) is 0 Å². The molecule has 1 N–H and O–H groups in total. The van der Waals surface area contributed by atoms with Gasteiger partial charge in [0.1, 0.15) is 5.60 Å². The number of carbonyl (C=O) groups excluding carboxylic acids is 1. The van der Waals surface area contributed by atoms with Crippen molar-refractivity contribution in [3.63, 3.8) is 0 Å². The Hall–Kier alpha value is -0.610. The van der Waals surface area contributed by atoms with E-state index in [0.29, 0.717) is 12.5 Å². The Labute approximate surface area is 91.3 Å². The average Bonchev–Trinajstić information content (AvgIpc) is 2.70. The van der Waals surface area contributed by atoms with Crippen LogP contribution in [0.2, 0.25) is 0 Å². The van der Waals surface area contributed by atoms with Crippen molar-refractivity contribution in [3.05, 3.63) is 0 Å². The maximum Gasteiger partial charge on any atom is 0.251 e. The van der Waals surface area contributed by atoms with Gasteiger partial charge in [-0.3, -0.25) is 4.79 Å². The van der Waals surface area contributed by atoms with Crippen LogP contribution in [0.1, 0.15) is 26.7 Å². The molecular weight excluding hydrogens is 194 g/mol. The Morgan fingerprint density at radius 1 is 1.60 bits per heavy atom. The number of carbonyl (C=O) groups is 1. The molecule has 1 unspecified atom stereocenters. The minimum absolute atomic E-state index is 0.0519. The van der Waals surface area contributed by atoms with E-state index >= 15 is 0 Å². The zero-order chi connectivity index (χ0) is 11.3. The fourth-order valence-corrected chi connectivity index (χ4v) is 1.51. The minimum Gasteiger partial charge on any atom is -0.381 e. The van der Waals surface area contributed by atoms with E-state index in [-0.39, 0.29) is 5.91 Å². The summed E-state index contributed by atoms with van der Waals surface area (Å²) < 4.78 is 10.4. The molecule has 0 spiro atoms. The van der Waals surface area contributed by atoms with Crippen LogP contribution in [-0.4, -0.2) is 38.4 Å². The molecule has 1 heterocycles. The molecule has 1 amide bonds. The molecule has 1 aliphatic heterocycles. The number of rotatable bonds is 5. The van der Waals surface area contributed by atoms with Crippen LogP contribution < -0.4 is 5.32 Å². The lowest BCUT2D eigenvalue weighted by molar-refractivity contribution is -0.139. The van der Waals surface area contributed by atoms with Gasteiger partial charge < -0.3 is 14.8 Å². The van der Waals surface area contributed by atoms with E-state index in [9.17, 15) is 4.79 Å². The Morgan fingerprint density at radius 3 is 2.87 bits per heavy atom. The monoisotopic (exact) mass is 215 g/mol. The molecule has 0 aromatic heterocycles. The summed E-state index contributed by atoms with van der Waals surface area (Å²) in [7, 11) is 1.55. The molecule has 0 aromatic carbocycles. The third-order valence-corrected chi connectivity index (χ3v) is 2.92. The van der Waals surface area contributed by atoms with Gasteiger partial charge in [-0.05, 0) is 32.6 Å². The summed E-state index contributed by atoms with van der Waals surface area (Å²) >= 11 is 0. The van der Waals surface area contributed by atoms with Crippen molar-refractivity contribution in [1.82, 2.24) is 5.32 Å². The van der Waals surface area contributed by atoms with Crippen molar-refractivity contribution in [2.75, 3.05) is 26.9 Å². The zero-order valence-corrected chi connectivity index (χ0v) is 9.84. The van der Waals surface area contributed by atoms with Crippen molar-refractivity contribution < 1.29 is 14.3 Å². The highest BCUT2D eigenvalue weighted by Crippen LogP contribution is 2.15. The summed E-state index contributed by atoms with van der Waals surface area (Å²) in [5.41, 5.74) is -0.730. The van der Waals surface area contributed by atoms with Gasteiger partial charge in [0.15, 0.2) is 0 Å². The van der Waals surface area contributed by atoms with E-state index in [4.69, 9.17) is 9.47 Å². The third kappa shape index (κ3) is 3.80. The van der Waals surface area contributed by atoms with Crippen molar-refractivity contribution in [2.45, 2.75) is 32.3 Å². The van der Waals surface area contributed by atoms with Crippen molar-refractivity contribution >= 4 is 5.91 Å². The quantitative estimate of drug-likeness (QED) is 0.743. The summed E-state index contributed by atoms with van der Waals surface area (Å²) in [5, 5.41) is 2.88. The largest absolute Gasteiger partial charge is 0.381 e. The van der Waals surface area contributed by atoms with Crippen molar-refractivity contribution in [2.24, 2.45) is 5.92 Å². The highest BCUT2D eigenvalue weighted by Gasteiger charge is 2.26. The summed E-state index contributed by atoms with van der Waals surface area (Å²) in [4.78, 5) is 11.6. The number of amides is 1. The maximum absolute atomic E-state index is 11.6. The van der Waals surface area contributed by atoms with Crippen LogP contribution in [0.5, 0.6) is 0 Å². The second-order valence-corrected chi connectivity index (χ2v) is 4.49. The molecule has 0 aromatic rings. The van der Waals surface area contributed by atoms with E-state index in [1.165, 1.54) is 0 Å². The molecule has 0 bridgehead atoms. The van der Waals surface area contributed by atoms with Gasteiger partial charge in [0.05, 0.1) is 0 Å². The lowest BCUT2D eigenvalue weighted by Crippen LogP contribution is -2.44. The topological polar surface area (TPSA) is 47.6 Å². The van der Waals surface area contributed by atoms with E-state index in [1.54, 1.807) is 21.0 Å². The molecule has 4 nitrogen and oxygen atoms in total. The van der Waals surface area contributed by atoms with Crippen LogP contribution in [0, 0.1) is 5.92 Å². The van der Waals surface area contributed by atoms with Gasteiger partial charge >= 0.3 is 0 Å². The van der Waals surface area contributed by atoms with Crippen LogP contribution >= 0.6 is 0 Å². The molecular formula is C11H21NO3. The van der Waals surface area contributed by atoms with Gasteiger partial charge in [0.25, 0.3) is 5.91 Å². The first-order valence-corrected chi connectivity index (χ1v) is 5.47. The van der Waals surface area contributed by atoms with Crippen LogP contribution in [0.4, 0.5) is 0 Å². The SMILES string of the molecule is COC(C)(C)C(=O)NCCC1CCOC1. The normalized spacial score (nSPS) is 21.7. The van der Waals surface area contributed by atoms with Gasteiger partial charge in [-0.15, -0.1) is 0 Å². The lowest BCUT2D eigenvalue weighted by atomic mass is 10.0. The van der Waals surface area contributed by atoms with Gasteiger partial charge in [0.2, 0.25) is 0 Å². The molecule has 0 radical (unpaired) electrons. The minimum atomic E-state index is -0.730. The first-order valence-electron chi connectivity index (χ1n) is 5.47. The Bertz CT molecular complexity index is 210. The molecule has 1 atom stereocenters. The second kappa shape index (κ2) is 5.47. The number of methoxy groups -OCH3 is 1. The highest BCUT2D eigenvalue weighted by atomic mass is 16.5. The fourth-order valence-electron chi connectivity index (χ4n) is 1.51. The molecule has 1 aliphatic rings. The standard InChI is InChI=1S/C11H21NO3/c1-11(2,14-3)10(13)12-6-4-9-5-7-15-8-9/h9H,4-8H2,1-3H3,(H,12,13). The molecule has 1 rings (SSSR count). The number of nitrogens with one attached hydrogen (secondary N) is 1. The Kier molecular flexibility index (Phi) is 4.54. The van der Waals surface area contributed by atoms with E-state index in [0.717, 1.165) is 26.1 Å². The van der Waals surface area contributed by atoms with E-state index < -0.39 is 5.60 Å². The van der Waals surface area contributed by atoms with Crippen LogP contribution in [0.25, 0.3) is 0 Å². The zero-order valence-electron chi connectivity index (χ0n) is 9.84.